The van der Waals surface area contributed by atoms with Crippen molar-refractivity contribution in [2.75, 3.05) is 39.9 Å². The smallest absolute Gasteiger partial charge is 0.409 e. The number of primary sulfonamides is 1. The topological polar surface area (TPSA) is 188 Å². The highest BCUT2D eigenvalue weighted by Gasteiger charge is 2.30. The molecule has 4 rings (SSSR count). The van der Waals surface area contributed by atoms with Crippen LogP contribution < -0.4 is 9.94 Å². The van der Waals surface area contributed by atoms with E-state index in [0.29, 0.717) is 10.2 Å². The highest BCUT2D eigenvalue weighted by molar-refractivity contribution is 7.89. The number of piperazine rings is 1. The van der Waals surface area contributed by atoms with Gasteiger partial charge >= 0.3 is 12.1 Å². The number of amides is 2. The van der Waals surface area contributed by atoms with Gasteiger partial charge in [0, 0.05) is 38.3 Å². The van der Waals surface area contributed by atoms with E-state index in [0.717, 1.165) is 11.3 Å². The van der Waals surface area contributed by atoms with Crippen LogP contribution in [0.2, 0.25) is 0 Å². The lowest BCUT2D eigenvalue weighted by molar-refractivity contribution is -0.140. The molecule has 226 valence electrons. The number of ether oxygens (including phenoxy) is 2. The highest BCUT2D eigenvalue weighted by Crippen LogP contribution is 2.23. The molecular formula is C25H29N5O9S3. The first-order valence-electron chi connectivity index (χ1n) is 12.7. The number of aromatic nitrogens is 1. The van der Waals surface area contributed by atoms with E-state index >= 15 is 0 Å². The maximum absolute atomic E-state index is 13.1. The van der Waals surface area contributed by atoms with E-state index in [4.69, 9.17) is 14.6 Å². The van der Waals surface area contributed by atoms with E-state index in [2.05, 4.69) is 4.99 Å². The first-order chi connectivity index (χ1) is 19.8. The van der Waals surface area contributed by atoms with Crippen LogP contribution in [0.15, 0.2) is 57.2 Å². The van der Waals surface area contributed by atoms with Crippen molar-refractivity contribution >= 4 is 59.6 Å². The van der Waals surface area contributed by atoms with Crippen LogP contribution in [0.1, 0.15) is 23.7 Å². The van der Waals surface area contributed by atoms with Gasteiger partial charge in [-0.15, -0.1) is 0 Å². The molecule has 0 aliphatic carbocycles. The number of rotatable bonds is 8. The average Bonchev–Trinajstić information content (AvgIpc) is 3.31. The summed E-state index contributed by atoms with van der Waals surface area (Å²) in [5.41, 5.74) is 0.649. The molecule has 2 aromatic carbocycles. The molecule has 0 unspecified atom stereocenters. The monoisotopic (exact) mass is 639 g/mol. The zero-order chi connectivity index (χ0) is 30.7. The van der Waals surface area contributed by atoms with Gasteiger partial charge in [-0.2, -0.15) is 9.30 Å². The second-order valence-corrected chi connectivity index (χ2v) is 13.6. The normalized spacial score (nSPS) is 15.1. The summed E-state index contributed by atoms with van der Waals surface area (Å²) >= 11 is 1.03. The predicted molar refractivity (Wildman–Crippen MR) is 152 cm³/mol. The van der Waals surface area contributed by atoms with Gasteiger partial charge in [-0.05, 0) is 49.4 Å². The molecule has 17 heteroatoms. The minimum Gasteiger partial charge on any atom is -0.469 e. The number of nitrogens with zero attached hydrogens (tertiary/aromatic N) is 4. The zero-order valence-corrected chi connectivity index (χ0v) is 25.2. The number of nitrogens with two attached hydrogens (primary N) is 1. The van der Waals surface area contributed by atoms with Crippen LogP contribution in [-0.4, -0.2) is 88.5 Å². The Morgan fingerprint density at radius 2 is 1.62 bits per heavy atom. The fraction of sp³-hybridized carbons (Fsp3) is 0.360. The fourth-order valence-corrected chi connectivity index (χ4v) is 7.36. The second-order valence-electron chi connectivity index (χ2n) is 9.07. The number of carbonyl (C=O) groups excluding carboxylic acids is 3. The predicted octanol–water partition coefficient (Wildman–Crippen LogP) is 1.12. The Kier molecular flexibility index (Phi) is 9.47. The Labute approximate surface area is 246 Å². The molecule has 2 heterocycles. The maximum Gasteiger partial charge on any atom is 0.409 e. The van der Waals surface area contributed by atoms with Gasteiger partial charge in [0.25, 0.3) is 5.91 Å². The Morgan fingerprint density at radius 1 is 0.976 bits per heavy atom. The van der Waals surface area contributed by atoms with Gasteiger partial charge in [0.2, 0.25) is 20.0 Å². The van der Waals surface area contributed by atoms with Crippen LogP contribution in [0.3, 0.4) is 0 Å². The van der Waals surface area contributed by atoms with E-state index in [1.54, 1.807) is 11.5 Å². The molecule has 0 radical (unpaired) electrons. The van der Waals surface area contributed by atoms with Gasteiger partial charge in [0.05, 0.1) is 40.1 Å². The average molecular weight is 640 g/mol. The van der Waals surface area contributed by atoms with Crippen LogP contribution in [0.5, 0.6) is 0 Å². The minimum atomic E-state index is -3.98. The summed E-state index contributed by atoms with van der Waals surface area (Å²) in [5.74, 6) is -1.16. The van der Waals surface area contributed by atoms with Gasteiger partial charge in [0.15, 0.2) is 4.80 Å². The van der Waals surface area contributed by atoms with Gasteiger partial charge in [0.1, 0.15) is 0 Å². The largest absolute Gasteiger partial charge is 0.469 e. The lowest BCUT2D eigenvalue weighted by Crippen LogP contribution is -2.50. The Bertz CT molecular complexity index is 1790. The number of benzene rings is 2. The number of thiazole rings is 1. The number of hydrogen-bond donors (Lipinski definition) is 1. The number of sulfonamides is 2. The van der Waals surface area contributed by atoms with Crippen LogP contribution in [0.25, 0.3) is 10.2 Å². The van der Waals surface area contributed by atoms with Crippen molar-refractivity contribution in [1.82, 2.24) is 13.8 Å². The van der Waals surface area contributed by atoms with Crippen LogP contribution in [0, 0.1) is 0 Å². The molecule has 1 aromatic heterocycles. The summed E-state index contributed by atoms with van der Waals surface area (Å²) in [7, 11) is -6.60. The number of esters is 1. The summed E-state index contributed by atoms with van der Waals surface area (Å²) in [6.07, 6.45) is -0.516. The van der Waals surface area contributed by atoms with E-state index in [9.17, 15) is 31.2 Å². The molecule has 2 N–H and O–H groups in total. The lowest BCUT2D eigenvalue weighted by atomic mass is 10.2. The molecule has 0 spiro atoms. The molecule has 2 amide bonds. The van der Waals surface area contributed by atoms with Crippen molar-refractivity contribution in [3.8, 4) is 0 Å². The Hall–Kier alpha value is -3.64. The third-order valence-corrected chi connectivity index (χ3v) is 10.3. The van der Waals surface area contributed by atoms with Crippen molar-refractivity contribution in [2.45, 2.75) is 29.7 Å². The van der Waals surface area contributed by atoms with Gasteiger partial charge < -0.3 is 18.9 Å². The first kappa shape index (κ1) is 31.3. The quantitative estimate of drug-likeness (QED) is 0.352. The van der Waals surface area contributed by atoms with Crippen LogP contribution >= 0.6 is 11.3 Å². The van der Waals surface area contributed by atoms with Crippen molar-refractivity contribution < 1.29 is 40.7 Å². The maximum atomic E-state index is 13.1. The minimum absolute atomic E-state index is 0.0193. The highest BCUT2D eigenvalue weighted by atomic mass is 32.2. The first-order valence-corrected chi connectivity index (χ1v) is 16.5. The molecule has 1 aliphatic rings. The molecule has 3 aromatic rings. The van der Waals surface area contributed by atoms with Crippen molar-refractivity contribution in [3.05, 3.63) is 52.8 Å². The van der Waals surface area contributed by atoms with Crippen molar-refractivity contribution in [3.63, 3.8) is 0 Å². The molecule has 0 saturated carbocycles. The summed E-state index contributed by atoms with van der Waals surface area (Å²) in [4.78, 5) is 42.5. The molecule has 1 fully saturated rings. The summed E-state index contributed by atoms with van der Waals surface area (Å²) in [6.45, 7) is 2.61. The summed E-state index contributed by atoms with van der Waals surface area (Å²) in [6, 6.07) is 9.51. The standard InChI is InChI=1S/C25H29N5O9S3/c1-3-39-25(33)28-12-14-29(15-13-28)42(36,37)18-6-4-17(5-7-18)23(32)27-24-30(11-10-22(31)38-2)20-9-8-19(41(26,34)35)16-21(20)40-24/h4-9,16H,3,10-15H2,1-2H3,(H2,26,34,35). The Morgan fingerprint density at radius 3 is 2.21 bits per heavy atom. The number of aryl methyl sites for hydroxylation is 1. The van der Waals surface area contributed by atoms with Crippen molar-refractivity contribution in [1.29, 1.82) is 0 Å². The molecule has 1 aliphatic heterocycles. The van der Waals surface area contributed by atoms with E-state index in [1.165, 1.54) is 58.8 Å². The third kappa shape index (κ3) is 6.87. The molecule has 0 bridgehead atoms. The number of methoxy groups -OCH3 is 1. The van der Waals surface area contributed by atoms with Gasteiger partial charge in [-0.1, -0.05) is 11.3 Å². The fourth-order valence-electron chi connectivity index (χ4n) is 4.23. The molecular weight excluding hydrogens is 611 g/mol. The summed E-state index contributed by atoms with van der Waals surface area (Å²) < 4.78 is 62.9. The molecule has 1 saturated heterocycles. The molecule has 0 atom stereocenters. The number of hydrogen-bond acceptors (Lipinski definition) is 10. The third-order valence-electron chi connectivity index (χ3n) is 6.45. The lowest BCUT2D eigenvalue weighted by Gasteiger charge is -2.33. The van der Waals surface area contributed by atoms with Gasteiger partial charge in [-0.25, -0.2) is 26.8 Å². The number of fused-ring (bicyclic) bond motifs is 1. The van der Waals surface area contributed by atoms with E-state index in [1.807, 2.05) is 0 Å². The number of carbonyl (C=O) groups is 3. The van der Waals surface area contributed by atoms with Crippen LogP contribution in [0.4, 0.5) is 4.79 Å². The van der Waals surface area contributed by atoms with E-state index < -0.39 is 38.0 Å². The Balaban J connectivity index is 1.59. The van der Waals surface area contributed by atoms with Crippen LogP contribution in [-0.2, 0) is 40.9 Å². The van der Waals surface area contributed by atoms with Crippen molar-refractivity contribution in [2.24, 2.45) is 10.1 Å². The van der Waals surface area contributed by atoms with Gasteiger partial charge in [-0.3, -0.25) is 9.59 Å². The molecule has 14 nitrogen and oxygen atoms in total. The molecule has 42 heavy (non-hydrogen) atoms. The summed E-state index contributed by atoms with van der Waals surface area (Å²) in [5, 5.41) is 5.25. The SMILES string of the molecule is CCOC(=O)N1CCN(S(=O)(=O)c2ccc(C(=O)N=c3sc4cc(S(N)(=O)=O)ccc4n3CCC(=O)OC)cc2)CC1. The second kappa shape index (κ2) is 12.7. The zero-order valence-electron chi connectivity index (χ0n) is 22.8. The van der Waals surface area contributed by atoms with E-state index in [-0.39, 0.29) is 65.9 Å².